The third kappa shape index (κ3) is 2.74. The molecule has 2 aliphatic rings. The number of para-hydroxylation sites is 1. The Labute approximate surface area is 148 Å². The van der Waals surface area contributed by atoms with Crippen LogP contribution in [0.3, 0.4) is 0 Å². The molecular formula is C18H23NO5S. The molecule has 0 amide bonds. The molecule has 25 heavy (non-hydrogen) atoms. The molecule has 1 aromatic rings. The summed E-state index contributed by atoms with van der Waals surface area (Å²) < 4.78 is 32.8. The Morgan fingerprint density at radius 3 is 2.56 bits per heavy atom. The smallest absolute Gasteiger partial charge is 0.339 e. The number of anilines is 1. The fourth-order valence-electron chi connectivity index (χ4n) is 4.50. The van der Waals surface area contributed by atoms with E-state index in [4.69, 9.17) is 4.74 Å². The summed E-state index contributed by atoms with van der Waals surface area (Å²) in [5.41, 5.74) is -0.861. The first-order valence-corrected chi connectivity index (χ1v) is 9.99. The third-order valence-corrected chi connectivity index (χ3v) is 7.58. The van der Waals surface area contributed by atoms with Gasteiger partial charge in [-0.3, -0.25) is 9.52 Å². The molecule has 0 spiro atoms. The van der Waals surface area contributed by atoms with Crippen molar-refractivity contribution in [3.63, 3.8) is 0 Å². The van der Waals surface area contributed by atoms with Gasteiger partial charge in [-0.05, 0) is 36.3 Å². The number of ether oxygens (including phenoxy) is 1. The number of methoxy groups -OCH3 is 1. The Hall–Kier alpha value is -1.89. The fraction of sp³-hybridized carbons (Fsp3) is 0.556. The normalized spacial score (nSPS) is 27.3. The lowest BCUT2D eigenvalue weighted by molar-refractivity contribution is -0.128. The molecular weight excluding hydrogens is 342 g/mol. The van der Waals surface area contributed by atoms with Crippen LogP contribution in [0, 0.1) is 16.7 Å². The number of fused-ring (bicyclic) bond motifs is 2. The van der Waals surface area contributed by atoms with Crippen molar-refractivity contribution in [1.29, 1.82) is 0 Å². The van der Waals surface area contributed by atoms with Crippen LogP contribution >= 0.6 is 0 Å². The van der Waals surface area contributed by atoms with Crippen LogP contribution in [-0.2, 0) is 19.6 Å². The maximum absolute atomic E-state index is 12.8. The summed E-state index contributed by atoms with van der Waals surface area (Å²) in [6.07, 6.45) is 1.94. The zero-order chi connectivity index (χ0) is 18.5. The Morgan fingerprint density at radius 2 is 2.00 bits per heavy atom. The van der Waals surface area contributed by atoms with E-state index in [-0.39, 0.29) is 34.1 Å². The molecule has 1 aromatic carbocycles. The minimum atomic E-state index is -3.81. The first-order chi connectivity index (χ1) is 11.6. The molecule has 0 heterocycles. The number of benzene rings is 1. The Morgan fingerprint density at radius 1 is 1.32 bits per heavy atom. The molecule has 7 heteroatoms. The number of esters is 1. The van der Waals surface area contributed by atoms with Gasteiger partial charge in [-0.1, -0.05) is 26.0 Å². The van der Waals surface area contributed by atoms with Gasteiger partial charge in [0.05, 0.1) is 29.5 Å². The van der Waals surface area contributed by atoms with Gasteiger partial charge in [-0.2, -0.15) is 0 Å². The summed E-state index contributed by atoms with van der Waals surface area (Å²) >= 11 is 0. The second-order valence-corrected chi connectivity index (χ2v) is 9.29. The van der Waals surface area contributed by atoms with Gasteiger partial charge in [0.25, 0.3) is 0 Å². The van der Waals surface area contributed by atoms with E-state index in [0.29, 0.717) is 12.8 Å². The number of hydrogen-bond acceptors (Lipinski definition) is 5. The molecule has 2 atom stereocenters. The number of Topliss-reactive ketones (excluding diaryl/α,β-unsaturated/α-hetero) is 1. The molecule has 2 saturated carbocycles. The summed E-state index contributed by atoms with van der Waals surface area (Å²) in [4.78, 5) is 24.4. The second kappa shape index (κ2) is 5.83. The van der Waals surface area contributed by atoms with Crippen molar-refractivity contribution in [3.8, 4) is 0 Å². The number of ketones is 1. The maximum Gasteiger partial charge on any atom is 0.339 e. The zero-order valence-electron chi connectivity index (χ0n) is 14.7. The highest BCUT2D eigenvalue weighted by molar-refractivity contribution is 7.92. The van der Waals surface area contributed by atoms with Crippen molar-refractivity contribution in [2.75, 3.05) is 17.6 Å². The van der Waals surface area contributed by atoms with Crippen molar-refractivity contribution in [2.45, 2.75) is 33.1 Å². The first-order valence-electron chi connectivity index (χ1n) is 8.34. The van der Waals surface area contributed by atoms with Gasteiger partial charge in [0.15, 0.2) is 0 Å². The molecule has 0 unspecified atom stereocenters. The van der Waals surface area contributed by atoms with Crippen LogP contribution in [0.5, 0.6) is 0 Å². The van der Waals surface area contributed by atoms with E-state index in [0.717, 1.165) is 6.42 Å². The predicted octanol–water partition coefficient (Wildman–Crippen LogP) is 2.61. The quantitative estimate of drug-likeness (QED) is 0.810. The molecule has 0 radical (unpaired) electrons. The van der Waals surface area contributed by atoms with E-state index >= 15 is 0 Å². The van der Waals surface area contributed by atoms with Crippen LogP contribution in [0.2, 0.25) is 0 Å². The molecule has 2 aliphatic carbocycles. The maximum atomic E-state index is 12.8. The highest BCUT2D eigenvalue weighted by Crippen LogP contribution is 2.64. The lowest BCUT2D eigenvalue weighted by atomic mass is 9.70. The fourth-order valence-corrected chi connectivity index (χ4v) is 6.41. The van der Waals surface area contributed by atoms with Gasteiger partial charge >= 0.3 is 5.97 Å². The van der Waals surface area contributed by atoms with E-state index in [2.05, 4.69) is 4.72 Å². The number of rotatable bonds is 5. The Kier molecular flexibility index (Phi) is 4.18. The largest absolute Gasteiger partial charge is 0.465 e. The number of carbonyl (C=O) groups is 2. The van der Waals surface area contributed by atoms with E-state index < -0.39 is 21.4 Å². The number of carbonyl (C=O) groups excluding carboxylic acids is 2. The molecule has 6 nitrogen and oxygen atoms in total. The number of nitrogens with one attached hydrogen (secondary N) is 1. The average Bonchev–Trinajstić information content (AvgIpc) is 2.88. The molecule has 0 aliphatic heterocycles. The van der Waals surface area contributed by atoms with Crippen LogP contribution in [0.1, 0.15) is 43.5 Å². The van der Waals surface area contributed by atoms with E-state index in [9.17, 15) is 18.0 Å². The van der Waals surface area contributed by atoms with Gasteiger partial charge in [-0.25, -0.2) is 13.2 Å². The lowest BCUT2D eigenvalue weighted by Gasteiger charge is -2.36. The number of sulfonamides is 1. The highest BCUT2D eigenvalue weighted by Gasteiger charge is 2.65. The van der Waals surface area contributed by atoms with Gasteiger partial charge in [0.2, 0.25) is 10.0 Å². The third-order valence-electron chi connectivity index (χ3n) is 6.17. The summed E-state index contributed by atoms with van der Waals surface area (Å²) in [5.74, 6) is -0.578. The van der Waals surface area contributed by atoms with Crippen LogP contribution < -0.4 is 4.72 Å². The topological polar surface area (TPSA) is 89.5 Å². The highest BCUT2D eigenvalue weighted by atomic mass is 32.2. The minimum absolute atomic E-state index is 0.0420. The van der Waals surface area contributed by atoms with Crippen molar-refractivity contribution in [2.24, 2.45) is 16.7 Å². The van der Waals surface area contributed by atoms with Gasteiger partial charge in [-0.15, -0.1) is 0 Å². The lowest BCUT2D eigenvalue weighted by Crippen LogP contribution is -2.43. The molecule has 0 saturated heterocycles. The SMILES string of the molecule is COC(=O)c1ccccc1NS(=O)(=O)C[C@]12CC[C@H](CC1=O)C2(C)C. The van der Waals surface area contributed by atoms with Crippen molar-refractivity contribution in [3.05, 3.63) is 29.8 Å². The summed E-state index contributed by atoms with van der Waals surface area (Å²) in [7, 11) is -2.57. The van der Waals surface area contributed by atoms with Crippen LogP contribution in [0.15, 0.2) is 24.3 Å². The van der Waals surface area contributed by atoms with Gasteiger partial charge in [0.1, 0.15) is 5.78 Å². The molecule has 3 rings (SSSR count). The Balaban J connectivity index is 1.90. The van der Waals surface area contributed by atoms with Crippen molar-refractivity contribution >= 4 is 27.5 Å². The van der Waals surface area contributed by atoms with Crippen LogP contribution in [-0.4, -0.2) is 33.0 Å². The molecule has 2 fully saturated rings. The summed E-state index contributed by atoms with van der Waals surface area (Å²) in [6.45, 7) is 3.99. The van der Waals surface area contributed by atoms with Gasteiger partial charge < -0.3 is 4.74 Å². The monoisotopic (exact) mass is 365 g/mol. The second-order valence-electron chi connectivity index (χ2n) is 7.57. The zero-order valence-corrected chi connectivity index (χ0v) is 15.5. The average molecular weight is 365 g/mol. The van der Waals surface area contributed by atoms with Crippen LogP contribution in [0.25, 0.3) is 0 Å². The van der Waals surface area contributed by atoms with Crippen LogP contribution in [0.4, 0.5) is 5.69 Å². The van der Waals surface area contributed by atoms with E-state index in [1.165, 1.54) is 19.2 Å². The van der Waals surface area contributed by atoms with E-state index in [1.807, 2.05) is 13.8 Å². The standard InChI is InChI=1S/C18H23NO5S/c1-17(2)12-8-9-18(17,15(20)10-12)11-25(22,23)19-14-7-5-4-6-13(14)16(21)24-3/h4-7,12,19H,8-11H2,1-3H3/t12-,18-/m1/s1. The predicted molar refractivity (Wildman–Crippen MR) is 93.8 cm³/mol. The molecule has 1 N–H and O–H groups in total. The summed E-state index contributed by atoms with van der Waals surface area (Å²) in [5, 5.41) is 0. The molecule has 136 valence electrons. The minimum Gasteiger partial charge on any atom is -0.465 e. The molecule has 0 aromatic heterocycles. The van der Waals surface area contributed by atoms with Crippen molar-refractivity contribution < 1.29 is 22.7 Å². The molecule has 2 bridgehead atoms. The van der Waals surface area contributed by atoms with Crippen molar-refractivity contribution in [1.82, 2.24) is 0 Å². The van der Waals surface area contributed by atoms with E-state index in [1.54, 1.807) is 12.1 Å². The Bertz CT molecular complexity index is 830. The first kappa shape index (κ1) is 17.9. The number of hydrogen-bond donors (Lipinski definition) is 1. The van der Waals surface area contributed by atoms with Gasteiger partial charge in [0, 0.05) is 6.42 Å². The summed E-state index contributed by atoms with van der Waals surface area (Å²) in [6, 6.07) is 6.28.